The maximum Gasteiger partial charge on any atom is 0.238 e. The van der Waals surface area contributed by atoms with Gasteiger partial charge in [0, 0.05) is 0 Å². The van der Waals surface area contributed by atoms with E-state index in [1.165, 1.54) is 48.8 Å². The first kappa shape index (κ1) is 20.6. The van der Waals surface area contributed by atoms with Gasteiger partial charge in [0.1, 0.15) is 11.5 Å². The number of sulfonamides is 2. The predicted octanol–water partition coefficient (Wildman–Crippen LogP) is 2.08. The molecule has 2 aromatic carbocycles. The maximum atomic E-state index is 11.4. The van der Waals surface area contributed by atoms with Crippen molar-refractivity contribution in [3.05, 3.63) is 72.2 Å². The lowest BCUT2D eigenvalue weighted by Gasteiger charge is -1.99. The fraction of sp³-hybridized carbons (Fsp3) is 0. The molecule has 29 heavy (non-hydrogen) atoms. The lowest BCUT2D eigenvalue weighted by Crippen LogP contribution is -2.11. The molecular formula is C18H16N4O5S2. The van der Waals surface area contributed by atoms with Crippen molar-refractivity contribution < 1.29 is 21.3 Å². The van der Waals surface area contributed by atoms with Gasteiger partial charge in [-0.3, -0.25) is 9.98 Å². The molecule has 4 N–H and O–H groups in total. The Hall–Kier alpha value is -3.12. The number of nitrogens with two attached hydrogens (primary N) is 2. The number of nitrogens with zero attached hydrogens (tertiary/aromatic N) is 2. The van der Waals surface area contributed by atoms with Crippen LogP contribution >= 0.6 is 0 Å². The molecule has 0 radical (unpaired) electrons. The first-order valence-corrected chi connectivity index (χ1v) is 11.1. The van der Waals surface area contributed by atoms with Crippen LogP contribution in [0, 0.1) is 0 Å². The highest BCUT2D eigenvalue weighted by molar-refractivity contribution is 7.89. The number of primary sulfonamides is 2. The molecule has 1 heterocycles. The Kier molecular flexibility index (Phi) is 5.75. The monoisotopic (exact) mass is 432 g/mol. The minimum absolute atomic E-state index is 0.0406. The Labute approximate surface area is 167 Å². The van der Waals surface area contributed by atoms with E-state index in [9.17, 15) is 16.8 Å². The summed E-state index contributed by atoms with van der Waals surface area (Å²) in [5, 5.41) is 10.2. The fourth-order valence-corrected chi connectivity index (χ4v) is 3.37. The third kappa shape index (κ3) is 5.68. The van der Waals surface area contributed by atoms with Crippen LogP contribution in [0.5, 0.6) is 0 Å². The zero-order chi connectivity index (χ0) is 21.1. The summed E-state index contributed by atoms with van der Waals surface area (Å²) in [5.74, 6) is 0.816. The van der Waals surface area contributed by atoms with E-state index in [4.69, 9.17) is 14.7 Å². The van der Waals surface area contributed by atoms with Crippen LogP contribution in [-0.2, 0) is 20.0 Å². The molecule has 0 amide bonds. The third-order valence-electron chi connectivity index (χ3n) is 3.62. The van der Waals surface area contributed by atoms with Gasteiger partial charge >= 0.3 is 0 Å². The fourth-order valence-electron chi connectivity index (χ4n) is 2.27. The smallest absolute Gasteiger partial charge is 0.238 e. The van der Waals surface area contributed by atoms with Crippen LogP contribution in [0.1, 0.15) is 11.5 Å². The summed E-state index contributed by atoms with van der Waals surface area (Å²) in [6.07, 6.45) is 2.84. The van der Waals surface area contributed by atoms with Crippen LogP contribution in [0.4, 0.5) is 11.4 Å². The van der Waals surface area contributed by atoms with Crippen LogP contribution in [0.15, 0.2) is 84.9 Å². The van der Waals surface area contributed by atoms with Crippen LogP contribution < -0.4 is 10.3 Å². The highest BCUT2D eigenvalue weighted by Gasteiger charge is 2.08. The summed E-state index contributed by atoms with van der Waals surface area (Å²) < 4.78 is 51.1. The van der Waals surface area contributed by atoms with Crippen LogP contribution in [0.25, 0.3) is 0 Å². The average Bonchev–Trinajstić information content (AvgIpc) is 3.12. The van der Waals surface area contributed by atoms with Gasteiger partial charge in [0.05, 0.1) is 33.6 Å². The highest BCUT2D eigenvalue weighted by atomic mass is 32.2. The molecule has 1 aromatic heterocycles. The van der Waals surface area contributed by atoms with Gasteiger partial charge in [0.2, 0.25) is 20.0 Å². The first-order valence-electron chi connectivity index (χ1n) is 8.05. The largest absolute Gasteiger partial charge is 0.454 e. The van der Waals surface area contributed by atoms with Crippen molar-refractivity contribution in [2.75, 3.05) is 0 Å². The Morgan fingerprint density at radius 1 is 0.690 bits per heavy atom. The highest BCUT2D eigenvalue weighted by Crippen LogP contribution is 2.19. The lowest BCUT2D eigenvalue weighted by atomic mass is 10.3. The molecule has 0 bridgehead atoms. The van der Waals surface area contributed by atoms with Gasteiger partial charge in [0.15, 0.2) is 0 Å². The van der Waals surface area contributed by atoms with E-state index in [1.807, 2.05) is 0 Å². The van der Waals surface area contributed by atoms with Gasteiger partial charge < -0.3 is 4.42 Å². The van der Waals surface area contributed by atoms with E-state index < -0.39 is 20.0 Å². The summed E-state index contributed by atoms with van der Waals surface area (Å²) in [5.41, 5.74) is 0.783. The van der Waals surface area contributed by atoms with Crippen molar-refractivity contribution in [3.63, 3.8) is 0 Å². The Morgan fingerprint density at radius 3 is 1.48 bits per heavy atom. The van der Waals surface area contributed by atoms with E-state index in [1.54, 1.807) is 24.3 Å². The minimum atomic E-state index is -3.81. The molecule has 0 aliphatic carbocycles. The number of benzene rings is 2. The van der Waals surface area contributed by atoms with Crippen molar-refractivity contribution in [2.45, 2.75) is 9.79 Å². The molecule has 0 aliphatic rings. The molecule has 0 atom stereocenters. The SMILES string of the molecule is NS(=O)(=O)c1cccc(N=Cc2ccc(C=Nc3cccc(S(N)(=O)=O)c3)o2)c1. The number of aliphatic imine (C=N–C) groups is 2. The van der Waals surface area contributed by atoms with Crippen molar-refractivity contribution in [3.8, 4) is 0 Å². The second-order valence-corrected chi connectivity index (χ2v) is 8.96. The number of furan rings is 1. The Balaban J connectivity index is 1.75. The maximum absolute atomic E-state index is 11.4. The molecule has 0 aliphatic heterocycles. The molecule has 150 valence electrons. The molecule has 0 saturated carbocycles. The zero-order valence-electron chi connectivity index (χ0n) is 14.8. The van der Waals surface area contributed by atoms with E-state index in [-0.39, 0.29) is 9.79 Å². The summed E-state index contributed by atoms with van der Waals surface area (Å²) in [7, 11) is -7.62. The Bertz CT molecular complexity index is 1210. The summed E-state index contributed by atoms with van der Waals surface area (Å²) in [6, 6.07) is 15.0. The molecule has 11 heteroatoms. The minimum Gasteiger partial charge on any atom is -0.454 e. The molecule has 0 saturated heterocycles. The van der Waals surface area contributed by atoms with Gasteiger partial charge in [-0.05, 0) is 48.5 Å². The normalized spacial score (nSPS) is 12.8. The van der Waals surface area contributed by atoms with Gasteiger partial charge in [-0.25, -0.2) is 27.1 Å². The first-order chi connectivity index (χ1) is 13.6. The zero-order valence-corrected chi connectivity index (χ0v) is 16.5. The predicted molar refractivity (Wildman–Crippen MR) is 109 cm³/mol. The second-order valence-electron chi connectivity index (χ2n) is 5.84. The number of hydrogen-bond acceptors (Lipinski definition) is 7. The van der Waals surface area contributed by atoms with Gasteiger partial charge in [-0.15, -0.1) is 0 Å². The topological polar surface area (TPSA) is 158 Å². The molecule has 9 nitrogen and oxygen atoms in total. The van der Waals surface area contributed by atoms with E-state index >= 15 is 0 Å². The van der Waals surface area contributed by atoms with Crippen molar-refractivity contribution >= 4 is 43.9 Å². The number of rotatable bonds is 6. The number of hydrogen-bond donors (Lipinski definition) is 2. The third-order valence-corrected chi connectivity index (χ3v) is 5.44. The Morgan fingerprint density at radius 2 is 1.10 bits per heavy atom. The molecular weight excluding hydrogens is 416 g/mol. The standard InChI is InChI=1S/C18H16N4O5S2/c19-28(23,24)17-5-1-3-13(9-17)21-11-15-7-8-16(27-15)12-22-14-4-2-6-18(10-14)29(20,25)26/h1-12H,(H2,19,23,24)(H2,20,25,26). The van der Waals surface area contributed by atoms with E-state index in [2.05, 4.69) is 9.98 Å². The summed E-state index contributed by atoms with van der Waals surface area (Å²) >= 11 is 0. The molecule has 0 fully saturated rings. The molecule has 0 unspecified atom stereocenters. The van der Waals surface area contributed by atoms with E-state index in [0.717, 1.165) is 0 Å². The van der Waals surface area contributed by atoms with Crippen molar-refractivity contribution in [2.24, 2.45) is 20.3 Å². The van der Waals surface area contributed by atoms with Crippen molar-refractivity contribution in [1.29, 1.82) is 0 Å². The van der Waals surface area contributed by atoms with Gasteiger partial charge in [-0.1, -0.05) is 12.1 Å². The summed E-state index contributed by atoms with van der Waals surface area (Å²) in [4.78, 5) is 8.23. The molecule has 3 rings (SSSR count). The van der Waals surface area contributed by atoms with Crippen LogP contribution in [0.3, 0.4) is 0 Å². The van der Waals surface area contributed by atoms with Crippen LogP contribution in [-0.4, -0.2) is 29.3 Å². The van der Waals surface area contributed by atoms with Gasteiger partial charge in [0.25, 0.3) is 0 Å². The van der Waals surface area contributed by atoms with Gasteiger partial charge in [-0.2, -0.15) is 0 Å². The lowest BCUT2D eigenvalue weighted by molar-refractivity contribution is 0.553. The quantitative estimate of drug-likeness (QED) is 0.570. The average molecular weight is 432 g/mol. The summed E-state index contributed by atoms with van der Waals surface area (Å²) in [6.45, 7) is 0. The second kappa shape index (κ2) is 8.09. The molecule has 0 spiro atoms. The van der Waals surface area contributed by atoms with Crippen LogP contribution in [0.2, 0.25) is 0 Å². The van der Waals surface area contributed by atoms with Crippen molar-refractivity contribution in [1.82, 2.24) is 0 Å². The molecule has 3 aromatic rings. The van der Waals surface area contributed by atoms with E-state index in [0.29, 0.717) is 22.9 Å².